The lowest BCUT2D eigenvalue weighted by molar-refractivity contribution is 0.0953. The third-order valence-corrected chi connectivity index (χ3v) is 6.46. The first-order valence-corrected chi connectivity index (χ1v) is 10.8. The minimum Gasteiger partial charge on any atom is -0.469 e. The van der Waals surface area contributed by atoms with E-state index >= 15 is 0 Å². The maximum atomic E-state index is 12.9. The van der Waals surface area contributed by atoms with Gasteiger partial charge in [-0.05, 0) is 55.3 Å². The van der Waals surface area contributed by atoms with E-state index in [9.17, 15) is 13.2 Å². The Morgan fingerprint density at radius 3 is 2.52 bits per heavy atom. The fourth-order valence-electron chi connectivity index (χ4n) is 2.99. The molecule has 1 amide bonds. The third kappa shape index (κ3) is 4.86. The van der Waals surface area contributed by atoms with Gasteiger partial charge in [0.25, 0.3) is 15.9 Å². The number of amides is 1. The number of anilines is 1. The molecule has 1 aromatic heterocycles. The molecule has 0 spiro atoms. The van der Waals surface area contributed by atoms with Gasteiger partial charge in [0.05, 0.1) is 16.8 Å². The molecule has 0 saturated carbocycles. The number of carbonyl (C=O) groups excluding carboxylic acids is 1. The molecule has 0 aliphatic carbocycles. The number of carbonyl (C=O) groups is 1. The van der Waals surface area contributed by atoms with Crippen molar-refractivity contribution in [1.82, 2.24) is 5.32 Å². The Kier molecular flexibility index (Phi) is 6.39. The highest BCUT2D eigenvalue weighted by molar-refractivity contribution is 7.92. The van der Waals surface area contributed by atoms with E-state index in [2.05, 4.69) is 5.32 Å². The average molecular weight is 413 g/mol. The van der Waals surface area contributed by atoms with Crippen LogP contribution < -0.4 is 9.62 Å². The number of benzene rings is 2. The Labute approximate surface area is 171 Å². The van der Waals surface area contributed by atoms with Crippen LogP contribution in [-0.4, -0.2) is 27.9 Å². The number of sulfonamides is 1. The van der Waals surface area contributed by atoms with Crippen LogP contribution in [0.5, 0.6) is 0 Å². The normalized spacial score (nSPS) is 11.2. The summed E-state index contributed by atoms with van der Waals surface area (Å²) in [7, 11) is -2.22. The van der Waals surface area contributed by atoms with Crippen molar-refractivity contribution in [2.24, 2.45) is 0 Å². The Morgan fingerprint density at radius 2 is 1.83 bits per heavy atom. The van der Waals surface area contributed by atoms with E-state index in [-0.39, 0.29) is 10.8 Å². The van der Waals surface area contributed by atoms with Crippen LogP contribution in [0.3, 0.4) is 0 Å². The van der Waals surface area contributed by atoms with Crippen LogP contribution in [-0.2, 0) is 16.4 Å². The molecule has 1 heterocycles. The van der Waals surface area contributed by atoms with Crippen molar-refractivity contribution in [2.75, 3.05) is 17.9 Å². The highest BCUT2D eigenvalue weighted by atomic mass is 32.2. The predicted molar refractivity (Wildman–Crippen MR) is 113 cm³/mol. The van der Waals surface area contributed by atoms with E-state index in [1.54, 1.807) is 54.8 Å². The van der Waals surface area contributed by atoms with Gasteiger partial charge in [-0.2, -0.15) is 0 Å². The third-order valence-electron chi connectivity index (χ3n) is 4.68. The summed E-state index contributed by atoms with van der Waals surface area (Å²) in [5, 5.41) is 2.87. The van der Waals surface area contributed by atoms with Crippen LogP contribution >= 0.6 is 0 Å². The van der Waals surface area contributed by atoms with Crippen molar-refractivity contribution >= 4 is 21.6 Å². The second kappa shape index (κ2) is 8.96. The van der Waals surface area contributed by atoms with Crippen molar-refractivity contribution in [2.45, 2.75) is 24.7 Å². The van der Waals surface area contributed by atoms with Crippen LogP contribution in [0.4, 0.5) is 5.69 Å². The van der Waals surface area contributed by atoms with Crippen LogP contribution in [0, 0.1) is 6.92 Å². The Bertz CT molecular complexity index is 1060. The molecule has 6 nitrogen and oxygen atoms in total. The fourth-order valence-corrected chi connectivity index (χ4v) is 4.26. The molecule has 0 aliphatic rings. The fraction of sp³-hybridized carbons (Fsp3) is 0.227. The van der Waals surface area contributed by atoms with E-state index < -0.39 is 10.0 Å². The molecule has 1 N–H and O–H groups in total. The van der Waals surface area contributed by atoms with Crippen LogP contribution in [0.2, 0.25) is 0 Å². The SMILES string of the molecule is Cc1ccc(C(=O)NCCCc2ccco2)cc1N(C)S(=O)(=O)c1ccccc1. The molecular weight excluding hydrogens is 388 g/mol. The van der Waals surface area contributed by atoms with E-state index in [4.69, 9.17) is 4.42 Å². The largest absolute Gasteiger partial charge is 0.469 e. The van der Waals surface area contributed by atoms with E-state index in [1.807, 2.05) is 19.1 Å². The summed E-state index contributed by atoms with van der Waals surface area (Å²) in [6.07, 6.45) is 3.12. The van der Waals surface area contributed by atoms with Gasteiger partial charge in [0.1, 0.15) is 5.76 Å². The van der Waals surface area contributed by atoms with Crippen molar-refractivity contribution in [3.05, 3.63) is 83.8 Å². The molecule has 0 atom stereocenters. The minimum absolute atomic E-state index is 0.203. The average Bonchev–Trinajstić information content (AvgIpc) is 3.25. The van der Waals surface area contributed by atoms with Gasteiger partial charge in [-0.25, -0.2) is 8.42 Å². The smallest absolute Gasteiger partial charge is 0.264 e. The molecule has 0 saturated heterocycles. The molecule has 152 valence electrons. The minimum atomic E-state index is -3.71. The van der Waals surface area contributed by atoms with Crippen LogP contribution in [0.15, 0.2) is 76.2 Å². The molecule has 29 heavy (non-hydrogen) atoms. The van der Waals surface area contributed by atoms with Crippen molar-refractivity contribution < 1.29 is 17.6 Å². The zero-order valence-electron chi connectivity index (χ0n) is 16.5. The Balaban J connectivity index is 1.71. The number of rotatable bonds is 8. The van der Waals surface area contributed by atoms with Gasteiger partial charge in [-0.1, -0.05) is 24.3 Å². The highest BCUT2D eigenvalue weighted by Gasteiger charge is 2.23. The standard InChI is InChI=1S/C22H24N2O4S/c1-17-12-13-18(22(25)23-14-6-8-19-9-7-15-28-19)16-21(17)24(2)29(26,27)20-10-4-3-5-11-20/h3-5,7,9-13,15-16H,6,8,14H2,1-2H3,(H,23,25). The molecule has 7 heteroatoms. The molecule has 0 radical (unpaired) electrons. The van der Waals surface area contributed by atoms with Gasteiger partial charge in [0, 0.05) is 25.6 Å². The molecule has 0 aliphatic heterocycles. The van der Waals surface area contributed by atoms with Crippen LogP contribution in [0.1, 0.15) is 28.1 Å². The lowest BCUT2D eigenvalue weighted by Crippen LogP contribution is -2.28. The van der Waals surface area contributed by atoms with Gasteiger partial charge >= 0.3 is 0 Å². The summed E-state index contributed by atoms with van der Waals surface area (Å²) < 4.78 is 32.3. The van der Waals surface area contributed by atoms with Crippen molar-refractivity contribution in [3.63, 3.8) is 0 Å². The monoisotopic (exact) mass is 412 g/mol. The lowest BCUT2D eigenvalue weighted by Gasteiger charge is -2.22. The molecule has 0 fully saturated rings. The first-order chi connectivity index (χ1) is 13.9. The Morgan fingerprint density at radius 1 is 1.07 bits per heavy atom. The summed E-state index contributed by atoms with van der Waals surface area (Å²) >= 11 is 0. The predicted octanol–water partition coefficient (Wildman–Crippen LogP) is 3.78. The van der Waals surface area contributed by atoms with E-state index in [1.165, 1.54) is 11.4 Å². The maximum absolute atomic E-state index is 12.9. The summed E-state index contributed by atoms with van der Waals surface area (Å²) in [4.78, 5) is 12.7. The summed E-state index contributed by atoms with van der Waals surface area (Å²) in [5.74, 6) is 0.640. The van der Waals surface area contributed by atoms with Gasteiger partial charge in [-0.15, -0.1) is 0 Å². The second-order valence-electron chi connectivity index (χ2n) is 6.73. The lowest BCUT2D eigenvalue weighted by atomic mass is 10.1. The number of hydrogen-bond donors (Lipinski definition) is 1. The van der Waals surface area contributed by atoms with Crippen LogP contribution in [0.25, 0.3) is 0 Å². The number of hydrogen-bond acceptors (Lipinski definition) is 4. The molecule has 0 unspecified atom stereocenters. The highest BCUT2D eigenvalue weighted by Crippen LogP contribution is 2.26. The van der Waals surface area contributed by atoms with Crippen molar-refractivity contribution in [3.8, 4) is 0 Å². The number of nitrogens with one attached hydrogen (secondary N) is 1. The zero-order valence-corrected chi connectivity index (χ0v) is 17.3. The maximum Gasteiger partial charge on any atom is 0.264 e. The summed E-state index contributed by atoms with van der Waals surface area (Å²) in [6, 6.07) is 17.0. The van der Waals surface area contributed by atoms with E-state index in [0.29, 0.717) is 17.8 Å². The second-order valence-corrected chi connectivity index (χ2v) is 8.69. The summed E-state index contributed by atoms with van der Waals surface area (Å²) in [5.41, 5.74) is 1.65. The van der Waals surface area contributed by atoms with E-state index in [0.717, 1.165) is 24.2 Å². The summed E-state index contributed by atoms with van der Waals surface area (Å²) in [6.45, 7) is 2.32. The Hall–Kier alpha value is -3.06. The van der Waals surface area contributed by atoms with Crippen molar-refractivity contribution in [1.29, 1.82) is 0 Å². The zero-order chi connectivity index (χ0) is 20.9. The number of nitrogens with zero attached hydrogens (tertiary/aromatic N) is 1. The molecule has 2 aromatic carbocycles. The van der Waals surface area contributed by atoms with Gasteiger partial charge in [0.2, 0.25) is 0 Å². The first kappa shape index (κ1) is 20.7. The molecule has 0 bridgehead atoms. The number of aryl methyl sites for hydroxylation is 2. The molecule has 3 rings (SSSR count). The first-order valence-electron chi connectivity index (χ1n) is 9.35. The van der Waals surface area contributed by atoms with Gasteiger partial charge in [0.15, 0.2) is 0 Å². The molecular formula is C22H24N2O4S. The topological polar surface area (TPSA) is 79.6 Å². The number of furan rings is 1. The van der Waals surface area contributed by atoms with Gasteiger partial charge in [-0.3, -0.25) is 9.10 Å². The quantitative estimate of drug-likeness (QED) is 0.571. The van der Waals surface area contributed by atoms with Gasteiger partial charge < -0.3 is 9.73 Å². The molecule has 3 aromatic rings.